The summed E-state index contributed by atoms with van der Waals surface area (Å²) in [7, 11) is 0. The summed E-state index contributed by atoms with van der Waals surface area (Å²) in [5, 5.41) is 3.01. The maximum atomic E-state index is 12.2. The summed E-state index contributed by atoms with van der Waals surface area (Å²) in [6.45, 7) is 5.21. The molecule has 110 valence electrons. The Morgan fingerprint density at radius 1 is 1.30 bits per heavy atom. The van der Waals surface area contributed by atoms with Gasteiger partial charge >= 0.3 is 6.03 Å². The minimum absolute atomic E-state index is 0.0403. The minimum atomic E-state index is 0.0403. The molecule has 0 unspecified atom stereocenters. The third-order valence-corrected chi connectivity index (χ3v) is 4.09. The predicted molar refractivity (Wildman–Crippen MR) is 84.1 cm³/mol. The molecule has 3 heteroatoms. The number of hydrogen-bond donors (Lipinski definition) is 1. The van der Waals surface area contributed by atoms with Crippen molar-refractivity contribution in [2.24, 2.45) is 0 Å². The highest BCUT2D eigenvalue weighted by atomic mass is 16.2. The topological polar surface area (TPSA) is 32.3 Å². The summed E-state index contributed by atoms with van der Waals surface area (Å²) in [4.78, 5) is 14.2. The standard InChI is InChI=1S/C17H26N2O/c1-3-4-8-15-9-11-16(12-10-15)18-17(20)19-13-6-5-7-14(19)2/h9-12,14H,3-8,13H2,1-2H3,(H,18,20)/t14-/m0/s1. The Morgan fingerprint density at radius 3 is 2.70 bits per heavy atom. The highest BCUT2D eigenvalue weighted by Crippen LogP contribution is 2.18. The van der Waals surface area contributed by atoms with Crippen molar-refractivity contribution in [1.29, 1.82) is 0 Å². The molecule has 20 heavy (non-hydrogen) atoms. The van der Waals surface area contributed by atoms with Crippen LogP contribution in [-0.2, 0) is 6.42 Å². The van der Waals surface area contributed by atoms with E-state index in [9.17, 15) is 4.79 Å². The fraction of sp³-hybridized carbons (Fsp3) is 0.588. The Hall–Kier alpha value is -1.51. The van der Waals surface area contributed by atoms with Gasteiger partial charge in [-0.25, -0.2) is 4.79 Å². The smallest absolute Gasteiger partial charge is 0.322 e. The van der Waals surface area contributed by atoms with Crippen LogP contribution in [0.2, 0.25) is 0 Å². The fourth-order valence-electron chi connectivity index (χ4n) is 2.73. The molecule has 2 rings (SSSR count). The molecule has 1 aromatic carbocycles. The van der Waals surface area contributed by atoms with E-state index in [0.717, 1.165) is 31.5 Å². The number of carbonyl (C=O) groups is 1. The summed E-state index contributed by atoms with van der Waals surface area (Å²) < 4.78 is 0. The molecule has 0 aromatic heterocycles. The average Bonchev–Trinajstić information content (AvgIpc) is 2.47. The monoisotopic (exact) mass is 274 g/mol. The Balaban J connectivity index is 1.90. The van der Waals surface area contributed by atoms with E-state index in [0.29, 0.717) is 6.04 Å². The van der Waals surface area contributed by atoms with Gasteiger partial charge in [-0.2, -0.15) is 0 Å². The van der Waals surface area contributed by atoms with Crippen LogP contribution < -0.4 is 5.32 Å². The average molecular weight is 274 g/mol. The summed E-state index contributed by atoms with van der Waals surface area (Å²) in [6.07, 6.45) is 7.02. The summed E-state index contributed by atoms with van der Waals surface area (Å²) >= 11 is 0. The number of amides is 2. The van der Waals surface area contributed by atoms with Crippen molar-refractivity contribution in [3.8, 4) is 0 Å². The van der Waals surface area contributed by atoms with Crippen LogP contribution in [-0.4, -0.2) is 23.5 Å². The van der Waals surface area contributed by atoms with E-state index >= 15 is 0 Å². The van der Waals surface area contributed by atoms with E-state index in [1.807, 2.05) is 17.0 Å². The van der Waals surface area contributed by atoms with Gasteiger partial charge in [0.05, 0.1) is 0 Å². The number of likely N-dealkylation sites (tertiary alicyclic amines) is 1. The number of urea groups is 1. The lowest BCUT2D eigenvalue weighted by Gasteiger charge is -2.33. The zero-order valence-electron chi connectivity index (χ0n) is 12.7. The van der Waals surface area contributed by atoms with E-state index in [2.05, 4.69) is 31.3 Å². The largest absolute Gasteiger partial charge is 0.322 e. The maximum Gasteiger partial charge on any atom is 0.322 e. The van der Waals surface area contributed by atoms with Crippen LogP contribution in [0.3, 0.4) is 0 Å². The van der Waals surface area contributed by atoms with Gasteiger partial charge in [-0.15, -0.1) is 0 Å². The molecule has 0 spiro atoms. The number of aryl methyl sites for hydroxylation is 1. The zero-order valence-corrected chi connectivity index (χ0v) is 12.7. The highest BCUT2D eigenvalue weighted by Gasteiger charge is 2.22. The van der Waals surface area contributed by atoms with Gasteiger partial charge in [-0.1, -0.05) is 25.5 Å². The second-order valence-electron chi connectivity index (χ2n) is 5.77. The van der Waals surface area contributed by atoms with Crippen molar-refractivity contribution in [2.75, 3.05) is 11.9 Å². The molecule has 3 nitrogen and oxygen atoms in total. The number of rotatable bonds is 4. The lowest BCUT2D eigenvalue weighted by atomic mass is 10.0. The number of hydrogen-bond acceptors (Lipinski definition) is 1. The third kappa shape index (κ3) is 3.99. The van der Waals surface area contributed by atoms with Crippen LogP contribution in [0.15, 0.2) is 24.3 Å². The molecule has 1 atom stereocenters. The molecule has 1 heterocycles. The van der Waals surface area contributed by atoms with E-state index < -0.39 is 0 Å². The number of anilines is 1. The van der Waals surface area contributed by atoms with Gasteiger partial charge in [0.1, 0.15) is 0 Å². The predicted octanol–water partition coefficient (Wildman–Crippen LogP) is 4.44. The zero-order chi connectivity index (χ0) is 14.4. The first-order chi connectivity index (χ1) is 9.70. The minimum Gasteiger partial charge on any atom is -0.322 e. The van der Waals surface area contributed by atoms with Gasteiger partial charge in [0, 0.05) is 18.3 Å². The lowest BCUT2D eigenvalue weighted by molar-refractivity contribution is 0.170. The van der Waals surface area contributed by atoms with Gasteiger partial charge < -0.3 is 10.2 Å². The summed E-state index contributed by atoms with van der Waals surface area (Å²) in [5.41, 5.74) is 2.24. The van der Waals surface area contributed by atoms with E-state index in [1.54, 1.807) is 0 Å². The van der Waals surface area contributed by atoms with Crippen molar-refractivity contribution < 1.29 is 4.79 Å². The van der Waals surface area contributed by atoms with Crippen LogP contribution in [0.1, 0.15) is 51.5 Å². The van der Waals surface area contributed by atoms with Gasteiger partial charge in [-0.05, 0) is 56.7 Å². The molecular weight excluding hydrogens is 248 g/mol. The van der Waals surface area contributed by atoms with E-state index in [-0.39, 0.29) is 6.03 Å². The number of unbranched alkanes of at least 4 members (excludes halogenated alkanes) is 1. The molecule has 2 amide bonds. The fourth-order valence-corrected chi connectivity index (χ4v) is 2.73. The quantitative estimate of drug-likeness (QED) is 0.865. The van der Waals surface area contributed by atoms with Gasteiger partial charge in [0.15, 0.2) is 0 Å². The Kier molecular flexibility index (Phi) is 5.45. The van der Waals surface area contributed by atoms with Crippen LogP contribution in [0.25, 0.3) is 0 Å². The van der Waals surface area contributed by atoms with Gasteiger partial charge in [0.25, 0.3) is 0 Å². The number of benzene rings is 1. The van der Waals surface area contributed by atoms with E-state index in [1.165, 1.54) is 24.8 Å². The number of nitrogens with one attached hydrogen (secondary N) is 1. The van der Waals surface area contributed by atoms with Crippen molar-refractivity contribution >= 4 is 11.7 Å². The molecule has 1 aromatic rings. The maximum absolute atomic E-state index is 12.2. The Labute approximate surface area is 122 Å². The molecule has 0 radical (unpaired) electrons. The second-order valence-corrected chi connectivity index (χ2v) is 5.77. The normalized spacial score (nSPS) is 18.9. The van der Waals surface area contributed by atoms with Crippen LogP contribution in [0, 0.1) is 0 Å². The van der Waals surface area contributed by atoms with Gasteiger partial charge in [-0.3, -0.25) is 0 Å². The lowest BCUT2D eigenvalue weighted by Crippen LogP contribution is -2.44. The molecule has 1 saturated heterocycles. The third-order valence-electron chi connectivity index (χ3n) is 4.09. The van der Waals surface area contributed by atoms with E-state index in [4.69, 9.17) is 0 Å². The molecule has 1 aliphatic rings. The first kappa shape index (κ1) is 14.9. The first-order valence-corrected chi connectivity index (χ1v) is 7.87. The molecule has 1 aliphatic heterocycles. The molecule has 1 fully saturated rings. The Bertz CT molecular complexity index is 427. The highest BCUT2D eigenvalue weighted by molar-refractivity contribution is 5.89. The molecule has 1 N–H and O–H groups in total. The van der Waals surface area contributed by atoms with Crippen LogP contribution in [0.4, 0.5) is 10.5 Å². The van der Waals surface area contributed by atoms with Crippen molar-refractivity contribution in [3.63, 3.8) is 0 Å². The number of carbonyl (C=O) groups excluding carboxylic acids is 1. The summed E-state index contributed by atoms with van der Waals surface area (Å²) in [6, 6.07) is 8.65. The van der Waals surface area contributed by atoms with Crippen LogP contribution >= 0.6 is 0 Å². The van der Waals surface area contributed by atoms with Crippen LogP contribution in [0.5, 0.6) is 0 Å². The molecule has 0 aliphatic carbocycles. The second kappa shape index (κ2) is 7.32. The summed E-state index contributed by atoms with van der Waals surface area (Å²) in [5.74, 6) is 0. The Morgan fingerprint density at radius 2 is 2.05 bits per heavy atom. The van der Waals surface area contributed by atoms with Gasteiger partial charge in [0.2, 0.25) is 0 Å². The molecule has 0 saturated carbocycles. The molecular formula is C17H26N2O. The van der Waals surface area contributed by atoms with Crippen molar-refractivity contribution in [1.82, 2.24) is 4.90 Å². The van der Waals surface area contributed by atoms with Crippen molar-refractivity contribution in [2.45, 2.75) is 58.4 Å². The molecule has 0 bridgehead atoms. The number of nitrogens with zero attached hydrogens (tertiary/aromatic N) is 1. The first-order valence-electron chi connectivity index (χ1n) is 7.87. The SMILES string of the molecule is CCCCc1ccc(NC(=O)N2CCCC[C@@H]2C)cc1. The number of piperidine rings is 1. The van der Waals surface area contributed by atoms with Crippen molar-refractivity contribution in [3.05, 3.63) is 29.8 Å².